The molecule has 1 unspecified atom stereocenters. The Morgan fingerprint density at radius 2 is 1.88 bits per heavy atom. The van der Waals surface area contributed by atoms with E-state index in [9.17, 15) is 22.8 Å². The van der Waals surface area contributed by atoms with Gasteiger partial charge in [-0.1, -0.05) is 11.6 Å². The first-order chi connectivity index (χ1) is 22.4. The third-order valence-electron chi connectivity index (χ3n) is 8.41. The van der Waals surface area contributed by atoms with E-state index in [1.165, 1.54) is 10.7 Å². The molecule has 2 amide bonds. The van der Waals surface area contributed by atoms with Crippen molar-refractivity contribution in [3.63, 3.8) is 0 Å². The maximum absolute atomic E-state index is 13.1. The predicted octanol–water partition coefficient (Wildman–Crippen LogP) is 7.51. The normalized spacial score (nSPS) is 18.5. The number of carbonyl (C=O) groups is 2. The Kier molecular flexibility index (Phi) is 10.6. The van der Waals surface area contributed by atoms with E-state index in [0.29, 0.717) is 29.9 Å². The summed E-state index contributed by atoms with van der Waals surface area (Å²) in [5.74, 6) is 0.494. The van der Waals surface area contributed by atoms with Crippen LogP contribution in [-0.4, -0.2) is 85.6 Å². The molecule has 48 heavy (non-hydrogen) atoms. The van der Waals surface area contributed by atoms with Crippen molar-refractivity contribution in [2.45, 2.75) is 76.2 Å². The number of amides is 2. The number of hydrogen-bond acceptors (Lipinski definition) is 8. The van der Waals surface area contributed by atoms with Crippen molar-refractivity contribution in [1.29, 1.82) is 0 Å². The minimum absolute atomic E-state index is 0.0290. The molecule has 11 nitrogen and oxygen atoms in total. The minimum Gasteiger partial charge on any atom is -0.477 e. The molecule has 3 aromatic rings. The molecular formula is C31H41ClF3N7O4PS+. The number of hydrogen-bond donors (Lipinski definition) is 1. The van der Waals surface area contributed by atoms with Crippen molar-refractivity contribution in [1.82, 2.24) is 33.9 Å². The van der Waals surface area contributed by atoms with Gasteiger partial charge in [-0.15, -0.1) is 5.10 Å². The second kappa shape index (κ2) is 14.1. The molecule has 1 saturated carbocycles. The predicted molar refractivity (Wildman–Crippen MR) is 179 cm³/mol. The van der Waals surface area contributed by atoms with Gasteiger partial charge >= 0.3 is 12.3 Å². The van der Waals surface area contributed by atoms with Crippen LogP contribution in [0, 0.1) is 11.3 Å². The number of aromatic nitrogens is 5. The van der Waals surface area contributed by atoms with Gasteiger partial charge in [0.1, 0.15) is 23.2 Å². The summed E-state index contributed by atoms with van der Waals surface area (Å²) >= 11 is 7.41. The van der Waals surface area contributed by atoms with Gasteiger partial charge in [-0.05, 0) is 71.1 Å². The van der Waals surface area contributed by atoms with Crippen LogP contribution in [-0.2, 0) is 11.3 Å². The molecule has 262 valence electrons. The first-order valence-electron chi connectivity index (χ1n) is 15.7. The summed E-state index contributed by atoms with van der Waals surface area (Å²) in [5, 5.41) is 9.39. The zero-order valence-corrected chi connectivity index (χ0v) is 30.1. The van der Waals surface area contributed by atoms with E-state index < -0.39 is 30.5 Å². The van der Waals surface area contributed by atoms with Gasteiger partial charge in [-0.3, -0.25) is 14.2 Å². The van der Waals surface area contributed by atoms with Crippen molar-refractivity contribution >= 4 is 43.0 Å². The number of aryl methyl sites for hydroxylation is 1. The molecule has 1 saturated heterocycles. The number of rotatable bonds is 12. The smallest absolute Gasteiger partial charge is 0.442 e. The highest BCUT2D eigenvalue weighted by Gasteiger charge is 2.62. The second-order valence-electron chi connectivity index (χ2n) is 13.8. The molecule has 1 N–H and O–H groups in total. The lowest BCUT2D eigenvalue weighted by molar-refractivity contribution is -0.189. The molecule has 0 spiro atoms. The van der Waals surface area contributed by atoms with Gasteiger partial charge in [-0.25, -0.2) is 14.5 Å². The molecule has 2 fully saturated rings. The van der Waals surface area contributed by atoms with Gasteiger partial charge in [0.05, 0.1) is 43.6 Å². The van der Waals surface area contributed by atoms with Crippen LogP contribution in [0.3, 0.4) is 0 Å². The van der Waals surface area contributed by atoms with Gasteiger partial charge < -0.3 is 9.47 Å². The van der Waals surface area contributed by atoms with Gasteiger partial charge in [0.2, 0.25) is 5.88 Å². The van der Waals surface area contributed by atoms with E-state index in [1.807, 2.05) is 42.4 Å². The van der Waals surface area contributed by atoms with E-state index in [2.05, 4.69) is 33.2 Å². The molecule has 17 heteroatoms. The maximum Gasteiger partial charge on any atom is 0.442 e. The van der Waals surface area contributed by atoms with Gasteiger partial charge in [0.15, 0.2) is 5.82 Å². The van der Waals surface area contributed by atoms with Crippen molar-refractivity contribution in [3.8, 4) is 11.7 Å². The van der Waals surface area contributed by atoms with Crippen molar-refractivity contribution in [2.75, 3.05) is 32.6 Å². The largest absolute Gasteiger partial charge is 0.477 e. The summed E-state index contributed by atoms with van der Waals surface area (Å²) in [6.45, 7) is 11.4. The molecule has 1 aliphatic carbocycles. The molecule has 4 heterocycles. The molecule has 1 atom stereocenters. The van der Waals surface area contributed by atoms with Crippen LogP contribution < -0.4 is 9.46 Å². The molecule has 5 rings (SSSR count). The number of nitrogens with one attached hydrogen (secondary N) is 1. The van der Waals surface area contributed by atoms with E-state index in [4.69, 9.17) is 21.1 Å². The summed E-state index contributed by atoms with van der Waals surface area (Å²) in [7, 11) is -1.58. The van der Waals surface area contributed by atoms with E-state index >= 15 is 0 Å². The topological polar surface area (TPSA) is 116 Å². The quantitative estimate of drug-likeness (QED) is 0.0882. The molecule has 0 bridgehead atoms. The number of alkyl halides is 3. The Bertz CT molecular complexity index is 1620. The van der Waals surface area contributed by atoms with E-state index in [0.717, 1.165) is 24.5 Å². The Hall–Kier alpha value is -3.03. The number of halogens is 4. The van der Waals surface area contributed by atoms with Gasteiger partial charge in [0, 0.05) is 42.9 Å². The van der Waals surface area contributed by atoms with Crippen molar-refractivity contribution in [2.24, 2.45) is 11.3 Å². The number of carbonyl (C=O) groups excluding carboxylic acids is 2. The summed E-state index contributed by atoms with van der Waals surface area (Å²) in [5.41, 5.74) is -1.92. The van der Waals surface area contributed by atoms with Gasteiger partial charge in [-0.2, -0.15) is 22.9 Å². The molecule has 0 aromatic carbocycles. The van der Waals surface area contributed by atoms with Crippen LogP contribution >= 0.6 is 31.0 Å². The average Bonchev–Trinajstić information content (AvgIpc) is 3.29. The minimum atomic E-state index is -4.17. The van der Waals surface area contributed by atoms with Crippen LogP contribution in [0.1, 0.15) is 63.2 Å². The Balaban J connectivity index is 1.06. The van der Waals surface area contributed by atoms with Crippen LogP contribution in [0.4, 0.5) is 18.0 Å². The second-order valence-corrected chi connectivity index (χ2v) is 19.1. The fourth-order valence-electron chi connectivity index (χ4n) is 5.68. The highest BCUT2D eigenvalue weighted by Crippen LogP contribution is 2.62. The molecule has 0 radical (unpaired) electrons. The third kappa shape index (κ3) is 8.95. The molecule has 2 aliphatic rings. The van der Waals surface area contributed by atoms with E-state index in [-0.39, 0.29) is 55.0 Å². The van der Waals surface area contributed by atoms with E-state index in [1.54, 1.807) is 18.3 Å². The number of nitrogens with zero attached hydrogens (tertiary/aromatic N) is 6. The lowest BCUT2D eigenvalue weighted by Crippen LogP contribution is -2.34. The lowest BCUT2D eigenvalue weighted by Gasteiger charge is -2.27. The SMILES string of the molecule is CC(C)(C)OC(=O)N1CC(CCn2ccc(SNC(=O)c3ccc(-n4ccc(OCCCC5(C(F)(F)F)CC5)n4)nc3Cl)n2)C[P+]1(C)C. The first kappa shape index (κ1) is 36.3. The van der Waals surface area contributed by atoms with Crippen LogP contribution in [0.2, 0.25) is 5.15 Å². The zero-order valence-electron chi connectivity index (χ0n) is 27.6. The third-order valence-corrected chi connectivity index (χ3v) is 12.5. The summed E-state index contributed by atoms with van der Waals surface area (Å²) in [6.07, 6.45) is 1.52. The lowest BCUT2D eigenvalue weighted by atomic mass is 10.0. The maximum atomic E-state index is 13.1. The van der Waals surface area contributed by atoms with Crippen molar-refractivity contribution < 1.29 is 32.2 Å². The number of pyridine rings is 1. The zero-order chi connectivity index (χ0) is 34.9. The summed E-state index contributed by atoms with van der Waals surface area (Å²) in [4.78, 5) is 29.9. The fraction of sp³-hybridized carbons (Fsp3) is 0.581. The Morgan fingerprint density at radius 1 is 1.12 bits per heavy atom. The first-order valence-corrected chi connectivity index (χ1v) is 19.7. The standard InChI is InChI=1S/C31H40ClF3N7O4PS/c1-29(2,3)46-28(44)42-19-21(20-47(42,4)5)9-15-40-16-11-25(38-40)48-39-27(43)22-7-8-23(36-26(22)32)41-17-10-24(37-41)45-18-6-12-30(13-14-30)31(33,34)35/h7-8,10-11,16-17,21H,6,9,12-15,18-20H2,1-5H3/p+1. The molecule has 3 aromatic heterocycles. The van der Waals surface area contributed by atoms with Crippen LogP contribution in [0.15, 0.2) is 41.7 Å². The highest BCUT2D eigenvalue weighted by molar-refractivity contribution is 7.97. The fourth-order valence-corrected chi connectivity index (χ4v) is 9.42. The van der Waals surface area contributed by atoms with Crippen LogP contribution in [0.5, 0.6) is 5.88 Å². The summed E-state index contributed by atoms with van der Waals surface area (Å²) < 4.78 is 58.4. The highest BCUT2D eigenvalue weighted by atomic mass is 35.5. The number of ether oxygens (including phenoxy) is 2. The average molecular weight is 731 g/mol. The Morgan fingerprint density at radius 3 is 2.54 bits per heavy atom. The Labute approximate surface area is 287 Å². The monoisotopic (exact) mass is 730 g/mol. The van der Waals surface area contributed by atoms with Gasteiger partial charge in [0.25, 0.3) is 5.91 Å². The molecule has 1 aliphatic heterocycles. The van der Waals surface area contributed by atoms with Crippen molar-refractivity contribution in [3.05, 3.63) is 47.4 Å². The molecular weight excluding hydrogens is 690 g/mol. The van der Waals surface area contributed by atoms with Crippen LogP contribution in [0.25, 0.3) is 5.82 Å². The summed E-state index contributed by atoms with van der Waals surface area (Å²) in [6, 6.07) is 6.50.